The molecule has 5 nitrogen and oxygen atoms in total. The molecule has 0 bridgehead atoms. The van der Waals surface area contributed by atoms with Crippen molar-refractivity contribution in [3.63, 3.8) is 0 Å². The first-order valence-corrected chi connectivity index (χ1v) is 4.60. The molecule has 15 heavy (non-hydrogen) atoms. The van der Waals surface area contributed by atoms with Crippen LogP contribution in [0.2, 0.25) is 0 Å². The molecule has 0 spiro atoms. The third kappa shape index (κ3) is 2.13. The van der Waals surface area contributed by atoms with E-state index >= 15 is 0 Å². The summed E-state index contributed by atoms with van der Waals surface area (Å²) < 4.78 is 0. The highest BCUT2D eigenvalue weighted by Crippen LogP contribution is 2.10. The van der Waals surface area contributed by atoms with Crippen LogP contribution < -0.4 is 5.73 Å². The van der Waals surface area contributed by atoms with E-state index in [1.54, 1.807) is 24.7 Å². The van der Waals surface area contributed by atoms with Gasteiger partial charge in [-0.25, -0.2) is 19.9 Å². The van der Waals surface area contributed by atoms with Gasteiger partial charge in [-0.2, -0.15) is 0 Å². The minimum atomic E-state index is 0.448. The molecular weight excluding hydrogens is 190 g/mol. The molecule has 0 aliphatic carbocycles. The van der Waals surface area contributed by atoms with Crippen LogP contribution in [-0.2, 0) is 6.54 Å². The van der Waals surface area contributed by atoms with Crippen molar-refractivity contribution in [1.82, 2.24) is 19.9 Å². The molecular formula is C10H11N5. The van der Waals surface area contributed by atoms with E-state index in [-0.39, 0.29) is 0 Å². The van der Waals surface area contributed by atoms with Gasteiger partial charge in [0, 0.05) is 30.7 Å². The maximum Gasteiger partial charge on any atom is 0.178 e. The first-order chi connectivity index (χ1) is 7.29. The van der Waals surface area contributed by atoms with Crippen LogP contribution >= 0.6 is 0 Å². The van der Waals surface area contributed by atoms with Crippen LogP contribution in [0.1, 0.15) is 11.4 Å². The molecule has 2 N–H and O–H groups in total. The highest BCUT2D eigenvalue weighted by Gasteiger charge is 2.02. The highest BCUT2D eigenvalue weighted by atomic mass is 14.9. The van der Waals surface area contributed by atoms with Gasteiger partial charge in [0.15, 0.2) is 5.82 Å². The molecule has 0 aliphatic heterocycles. The molecule has 2 heterocycles. The van der Waals surface area contributed by atoms with E-state index in [4.69, 9.17) is 5.73 Å². The second kappa shape index (κ2) is 4.10. The topological polar surface area (TPSA) is 77.6 Å². The van der Waals surface area contributed by atoms with Crippen LogP contribution in [0, 0.1) is 6.92 Å². The van der Waals surface area contributed by atoms with Crippen molar-refractivity contribution in [3.05, 3.63) is 36.0 Å². The lowest BCUT2D eigenvalue weighted by atomic mass is 10.3. The van der Waals surface area contributed by atoms with Crippen LogP contribution in [0.15, 0.2) is 24.7 Å². The Balaban J connectivity index is 2.37. The first-order valence-electron chi connectivity index (χ1n) is 4.60. The van der Waals surface area contributed by atoms with Gasteiger partial charge in [0.1, 0.15) is 11.5 Å². The van der Waals surface area contributed by atoms with E-state index in [1.165, 1.54) is 0 Å². The van der Waals surface area contributed by atoms with Gasteiger partial charge < -0.3 is 5.73 Å². The minimum Gasteiger partial charge on any atom is -0.326 e. The summed E-state index contributed by atoms with van der Waals surface area (Å²) in [6, 6.07) is 1.78. The van der Waals surface area contributed by atoms with Crippen LogP contribution in [0.3, 0.4) is 0 Å². The largest absolute Gasteiger partial charge is 0.326 e. The van der Waals surface area contributed by atoms with Gasteiger partial charge in [-0.15, -0.1) is 0 Å². The molecule has 0 unspecified atom stereocenters. The Morgan fingerprint density at radius 1 is 1.20 bits per heavy atom. The lowest BCUT2D eigenvalue weighted by molar-refractivity contribution is 0.992. The second-order valence-corrected chi connectivity index (χ2v) is 3.11. The average molecular weight is 201 g/mol. The van der Waals surface area contributed by atoms with E-state index in [1.807, 2.05) is 6.92 Å². The SMILES string of the molecule is Cc1nccc(-c2ncc(CN)cn2)n1. The van der Waals surface area contributed by atoms with E-state index < -0.39 is 0 Å². The molecule has 2 aromatic heterocycles. The fraction of sp³-hybridized carbons (Fsp3) is 0.200. The van der Waals surface area contributed by atoms with E-state index in [0.29, 0.717) is 18.2 Å². The smallest absolute Gasteiger partial charge is 0.178 e. The Kier molecular flexibility index (Phi) is 2.64. The molecule has 0 aliphatic rings. The molecule has 2 aromatic rings. The Bertz CT molecular complexity index is 452. The van der Waals surface area contributed by atoms with Gasteiger partial charge in [-0.05, 0) is 13.0 Å². The lowest BCUT2D eigenvalue weighted by Gasteiger charge is -2.00. The van der Waals surface area contributed by atoms with E-state index in [2.05, 4.69) is 19.9 Å². The average Bonchev–Trinajstić information content (AvgIpc) is 2.29. The summed E-state index contributed by atoms with van der Waals surface area (Å²) in [5, 5.41) is 0. The Morgan fingerprint density at radius 2 is 1.93 bits per heavy atom. The fourth-order valence-electron chi connectivity index (χ4n) is 1.17. The van der Waals surface area contributed by atoms with Crippen LogP contribution in [0.4, 0.5) is 0 Å². The van der Waals surface area contributed by atoms with Gasteiger partial charge in [-0.1, -0.05) is 0 Å². The predicted molar refractivity (Wildman–Crippen MR) is 55.7 cm³/mol. The molecule has 0 atom stereocenters. The van der Waals surface area contributed by atoms with Crippen molar-refractivity contribution in [1.29, 1.82) is 0 Å². The van der Waals surface area contributed by atoms with Gasteiger partial charge >= 0.3 is 0 Å². The standard InChI is InChI=1S/C10H11N5/c1-7-12-3-2-9(15-7)10-13-5-8(4-11)6-14-10/h2-3,5-6H,4,11H2,1H3. The first kappa shape index (κ1) is 9.67. The Hall–Kier alpha value is -1.88. The second-order valence-electron chi connectivity index (χ2n) is 3.11. The summed E-state index contributed by atoms with van der Waals surface area (Å²) in [6.07, 6.45) is 5.11. The highest BCUT2D eigenvalue weighted by molar-refractivity contribution is 5.47. The van der Waals surface area contributed by atoms with Gasteiger partial charge in [0.25, 0.3) is 0 Å². The summed E-state index contributed by atoms with van der Waals surface area (Å²) in [6.45, 7) is 2.28. The molecule has 5 heteroatoms. The molecule has 0 radical (unpaired) electrons. The van der Waals surface area contributed by atoms with Crippen molar-refractivity contribution >= 4 is 0 Å². The zero-order chi connectivity index (χ0) is 10.7. The number of aryl methyl sites for hydroxylation is 1. The summed E-state index contributed by atoms with van der Waals surface area (Å²) in [4.78, 5) is 16.6. The van der Waals surface area contributed by atoms with Crippen molar-refractivity contribution < 1.29 is 0 Å². The Morgan fingerprint density at radius 3 is 2.53 bits per heavy atom. The summed E-state index contributed by atoms with van der Waals surface area (Å²) in [7, 11) is 0. The Labute approximate surface area is 87.4 Å². The summed E-state index contributed by atoms with van der Waals surface area (Å²) in [5.74, 6) is 1.30. The van der Waals surface area contributed by atoms with Crippen molar-refractivity contribution in [2.24, 2.45) is 5.73 Å². The third-order valence-electron chi connectivity index (χ3n) is 1.95. The minimum absolute atomic E-state index is 0.448. The molecule has 0 saturated carbocycles. The molecule has 0 saturated heterocycles. The molecule has 76 valence electrons. The van der Waals surface area contributed by atoms with Crippen LogP contribution in [0.5, 0.6) is 0 Å². The van der Waals surface area contributed by atoms with Crippen LogP contribution in [-0.4, -0.2) is 19.9 Å². The maximum absolute atomic E-state index is 5.46. The molecule has 2 rings (SSSR count). The van der Waals surface area contributed by atoms with Crippen molar-refractivity contribution in [2.75, 3.05) is 0 Å². The van der Waals surface area contributed by atoms with E-state index in [9.17, 15) is 0 Å². The fourth-order valence-corrected chi connectivity index (χ4v) is 1.17. The monoisotopic (exact) mass is 201 g/mol. The molecule has 0 fully saturated rings. The number of hydrogen-bond acceptors (Lipinski definition) is 5. The summed E-state index contributed by atoms with van der Waals surface area (Å²) >= 11 is 0. The number of rotatable bonds is 2. The van der Waals surface area contributed by atoms with Gasteiger partial charge in [0.2, 0.25) is 0 Å². The number of nitrogens with zero attached hydrogens (tertiary/aromatic N) is 4. The summed E-state index contributed by atoms with van der Waals surface area (Å²) in [5.41, 5.74) is 7.09. The third-order valence-corrected chi connectivity index (χ3v) is 1.95. The van der Waals surface area contributed by atoms with Gasteiger partial charge in [0.05, 0.1) is 0 Å². The molecule has 0 amide bonds. The number of hydrogen-bond donors (Lipinski definition) is 1. The van der Waals surface area contributed by atoms with Crippen molar-refractivity contribution in [2.45, 2.75) is 13.5 Å². The van der Waals surface area contributed by atoms with Gasteiger partial charge in [-0.3, -0.25) is 0 Å². The lowest BCUT2D eigenvalue weighted by Crippen LogP contribution is -2.00. The predicted octanol–water partition coefficient (Wildman–Crippen LogP) is 0.701. The zero-order valence-corrected chi connectivity index (χ0v) is 8.38. The number of aromatic nitrogens is 4. The van der Waals surface area contributed by atoms with E-state index in [0.717, 1.165) is 11.3 Å². The van der Waals surface area contributed by atoms with Crippen LogP contribution in [0.25, 0.3) is 11.5 Å². The zero-order valence-electron chi connectivity index (χ0n) is 8.38. The normalized spacial score (nSPS) is 10.3. The maximum atomic E-state index is 5.46. The van der Waals surface area contributed by atoms with Crippen molar-refractivity contribution in [3.8, 4) is 11.5 Å². The number of nitrogens with two attached hydrogens (primary N) is 1. The quantitative estimate of drug-likeness (QED) is 0.773. The molecule has 0 aromatic carbocycles.